The van der Waals surface area contributed by atoms with Crippen molar-refractivity contribution in [3.63, 3.8) is 0 Å². The van der Waals surface area contributed by atoms with Crippen LogP contribution in [0.3, 0.4) is 0 Å². The third-order valence-corrected chi connectivity index (χ3v) is 2.93. The Labute approximate surface area is 95.5 Å². The Bertz CT molecular complexity index is 588. The molecule has 0 radical (unpaired) electrons. The molecule has 0 saturated heterocycles. The Morgan fingerprint density at radius 1 is 1.12 bits per heavy atom. The van der Waals surface area contributed by atoms with Crippen LogP contribution in [0.15, 0.2) is 35.1 Å². The maximum Gasteiger partial charge on any atom is 0.189 e. The van der Waals surface area contributed by atoms with Gasteiger partial charge < -0.3 is 4.57 Å². The van der Waals surface area contributed by atoms with Gasteiger partial charge in [0.2, 0.25) is 0 Å². The normalized spacial score (nSPS) is 12.0. The molecule has 0 saturated carbocycles. The summed E-state index contributed by atoms with van der Waals surface area (Å²) in [6.07, 6.45) is 0. The second-order valence-corrected chi connectivity index (χ2v) is 5.22. The highest BCUT2D eigenvalue weighted by molar-refractivity contribution is 5.79. The largest absolute Gasteiger partial charge is 0.347 e. The third-order valence-electron chi connectivity index (χ3n) is 2.93. The number of fused-ring (bicyclic) bond motifs is 1. The van der Waals surface area contributed by atoms with Crippen LogP contribution in [0.5, 0.6) is 0 Å². The molecule has 2 rings (SSSR count). The van der Waals surface area contributed by atoms with Crippen LogP contribution in [0, 0.1) is 0 Å². The minimum atomic E-state index is -0.0159. The summed E-state index contributed by atoms with van der Waals surface area (Å²) >= 11 is 0. The van der Waals surface area contributed by atoms with Gasteiger partial charge in [0.15, 0.2) is 5.43 Å². The molecule has 0 aliphatic heterocycles. The molecule has 16 heavy (non-hydrogen) atoms. The first-order valence-corrected chi connectivity index (χ1v) is 5.50. The molecule has 1 heterocycles. The Balaban J connectivity index is 2.92. The smallest absolute Gasteiger partial charge is 0.189 e. The van der Waals surface area contributed by atoms with E-state index < -0.39 is 0 Å². The molecule has 0 atom stereocenters. The summed E-state index contributed by atoms with van der Waals surface area (Å²) in [7, 11) is 2.02. The van der Waals surface area contributed by atoms with E-state index >= 15 is 0 Å². The van der Waals surface area contributed by atoms with Gasteiger partial charge in [0, 0.05) is 29.6 Å². The molecule has 0 fully saturated rings. The molecule has 1 aromatic carbocycles. The predicted octanol–water partition coefficient (Wildman–Crippen LogP) is 2.84. The molecule has 0 spiro atoms. The maximum atomic E-state index is 12.0. The van der Waals surface area contributed by atoms with Gasteiger partial charge in [-0.3, -0.25) is 4.79 Å². The van der Waals surface area contributed by atoms with E-state index in [0.29, 0.717) is 0 Å². The second kappa shape index (κ2) is 3.48. The van der Waals surface area contributed by atoms with Gasteiger partial charge in [-0.25, -0.2) is 0 Å². The monoisotopic (exact) mass is 215 g/mol. The summed E-state index contributed by atoms with van der Waals surface area (Å²) in [5, 5.41) is 0.790. The molecule has 2 heteroatoms. The lowest BCUT2D eigenvalue weighted by atomic mass is 9.90. The highest BCUT2D eigenvalue weighted by Gasteiger charge is 2.18. The fourth-order valence-corrected chi connectivity index (χ4v) is 2.12. The van der Waals surface area contributed by atoms with E-state index in [2.05, 4.69) is 25.3 Å². The van der Waals surface area contributed by atoms with Gasteiger partial charge in [0.25, 0.3) is 0 Å². The third kappa shape index (κ3) is 1.64. The van der Waals surface area contributed by atoms with Gasteiger partial charge in [-0.2, -0.15) is 0 Å². The van der Waals surface area contributed by atoms with Gasteiger partial charge in [0.1, 0.15) is 0 Å². The first kappa shape index (κ1) is 10.9. The first-order chi connectivity index (χ1) is 7.41. The minimum Gasteiger partial charge on any atom is -0.347 e. The highest BCUT2D eigenvalue weighted by atomic mass is 16.1. The zero-order valence-electron chi connectivity index (χ0n) is 10.2. The molecular formula is C14H17NO. The lowest BCUT2D eigenvalue weighted by Gasteiger charge is -2.23. The van der Waals surface area contributed by atoms with Crippen molar-refractivity contribution in [2.45, 2.75) is 26.2 Å². The van der Waals surface area contributed by atoms with Crippen LogP contribution >= 0.6 is 0 Å². The van der Waals surface area contributed by atoms with Gasteiger partial charge in [-0.15, -0.1) is 0 Å². The van der Waals surface area contributed by atoms with Crippen LogP contribution < -0.4 is 5.43 Å². The summed E-state index contributed by atoms with van der Waals surface area (Å²) in [5.41, 5.74) is 2.16. The van der Waals surface area contributed by atoms with E-state index in [-0.39, 0.29) is 10.8 Å². The van der Waals surface area contributed by atoms with E-state index in [1.807, 2.05) is 31.3 Å². The SMILES string of the molecule is Cn1c(C(C)(C)C)cc(=O)c2ccccc21. The second-order valence-electron chi connectivity index (χ2n) is 5.22. The van der Waals surface area contributed by atoms with Crippen molar-refractivity contribution in [1.82, 2.24) is 4.57 Å². The predicted molar refractivity (Wildman–Crippen MR) is 67.9 cm³/mol. The number of rotatable bonds is 0. The van der Waals surface area contributed by atoms with E-state index in [0.717, 1.165) is 16.6 Å². The van der Waals surface area contributed by atoms with Crippen molar-refractivity contribution < 1.29 is 0 Å². The van der Waals surface area contributed by atoms with Crippen LogP contribution in [0.4, 0.5) is 0 Å². The number of nitrogens with zero attached hydrogens (tertiary/aromatic N) is 1. The average Bonchev–Trinajstić information content (AvgIpc) is 2.22. The minimum absolute atomic E-state index is 0.0159. The zero-order valence-corrected chi connectivity index (χ0v) is 10.2. The van der Waals surface area contributed by atoms with Crippen LogP contribution in [0.25, 0.3) is 10.9 Å². The summed E-state index contributed by atoms with van der Waals surface area (Å²) < 4.78 is 2.11. The Morgan fingerprint density at radius 3 is 2.38 bits per heavy atom. The van der Waals surface area contributed by atoms with Crippen molar-refractivity contribution in [3.05, 3.63) is 46.2 Å². The molecule has 2 aromatic rings. The van der Waals surface area contributed by atoms with Gasteiger partial charge >= 0.3 is 0 Å². The molecule has 0 aliphatic rings. The van der Waals surface area contributed by atoms with Crippen LogP contribution in [-0.4, -0.2) is 4.57 Å². The molecule has 1 aromatic heterocycles. The molecule has 84 valence electrons. The standard InChI is InChI=1S/C14H17NO/c1-14(2,3)13-9-12(16)10-7-5-6-8-11(10)15(13)4/h5-9H,1-4H3. The molecule has 0 bridgehead atoms. The van der Waals surface area contributed by atoms with Crippen LogP contribution in [0.1, 0.15) is 26.5 Å². The number of benzene rings is 1. The Hall–Kier alpha value is -1.57. The Morgan fingerprint density at radius 2 is 1.75 bits per heavy atom. The number of para-hydroxylation sites is 1. The van der Waals surface area contributed by atoms with Crippen molar-refractivity contribution in [2.75, 3.05) is 0 Å². The zero-order chi connectivity index (χ0) is 11.9. The number of aryl methyl sites for hydroxylation is 1. The highest BCUT2D eigenvalue weighted by Crippen LogP contribution is 2.23. The topological polar surface area (TPSA) is 22.0 Å². The number of aromatic nitrogens is 1. The average molecular weight is 215 g/mol. The number of pyridine rings is 1. The maximum absolute atomic E-state index is 12.0. The van der Waals surface area contributed by atoms with E-state index in [4.69, 9.17) is 0 Å². The quantitative estimate of drug-likeness (QED) is 0.662. The van der Waals surface area contributed by atoms with Crippen molar-refractivity contribution in [3.8, 4) is 0 Å². The molecular weight excluding hydrogens is 198 g/mol. The molecule has 0 N–H and O–H groups in total. The lowest BCUT2D eigenvalue weighted by Crippen LogP contribution is -2.22. The van der Waals surface area contributed by atoms with Crippen molar-refractivity contribution >= 4 is 10.9 Å². The fraction of sp³-hybridized carbons (Fsp3) is 0.357. The van der Waals surface area contributed by atoms with E-state index in [1.54, 1.807) is 6.07 Å². The van der Waals surface area contributed by atoms with E-state index in [9.17, 15) is 4.79 Å². The van der Waals surface area contributed by atoms with Crippen molar-refractivity contribution in [1.29, 1.82) is 0 Å². The van der Waals surface area contributed by atoms with Crippen LogP contribution in [0.2, 0.25) is 0 Å². The number of hydrogen-bond acceptors (Lipinski definition) is 1. The summed E-state index contributed by atoms with van der Waals surface area (Å²) in [6.45, 7) is 6.36. The van der Waals surface area contributed by atoms with Gasteiger partial charge in [0.05, 0.1) is 5.52 Å². The molecule has 0 amide bonds. The summed E-state index contributed by atoms with van der Waals surface area (Å²) in [5.74, 6) is 0. The molecule has 0 unspecified atom stereocenters. The van der Waals surface area contributed by atoms with Gasteiger partial charge in [-0.1, -0.05) is 32.9 Å². The van der Waals surface area contributed by atoms with E-state index in [1.165, 1.54) is 0 Å². The summed E-state index contributed by atoms with van der Waals surface area (Å²) in [6, 6.07) is 9.49. The lowest BCUT2D eigenvalue weighted by molar-refractivity contribution is 0.542. The summed E-state index contributed by atoms with van der Waals surface area (Å²) in [4.78, 5) is 12.0. The van der Waals surface area contributed by atoms with Gasteiger partial charge in [-0.05, 0) is 12.1 Å². The molecule has 2 nitrogen and oxygen atoms in total. The number of hydrogen-bond donors (Lipinski definition) is 0. The van der Waals surface area contributed by atoms with Crippen LogP contribution in [-0.2, 0) is 12.5 Å². The van der Waals surface area contributed by atoms with Crippen molar-refractivity contribution in [2.24, 2.45) is 7.05 Å². The Kier molecular flexibility index (Phi) is 2.38. The first-order valence-electron chi connectivity index (χ1n) is 5.50. The fourth-order valence-electron chi connectivity index (χ4n) is 2.12. The molecule has 0 aliphatic carbocycles.